The smallest absolute Gasteiger partial charge is 0.125 e. The van der Waals surface area contributed by atoms with Gasteiger partial charge in [0.15, 0.2) is 0 Å². The Kier molecular flexibility index (Phi) is 4.91. The average molecular weight is 363 g/mol. The molecule has 5 heteroatoms. The zero-order valence-electron chi connectivity index (χ0n) is 14.8. The average Bonchev–Trinajstić information content (AvgIpc) is 3.11. The van der Waals surface area contributed by atoms with Gasteiger partial charge >= 0.3 is 0 Å². The number of nitrogens with zero attached hydrogens (tertiary/aromatic N) is 3. The van der Waals surface area contributed by atoms with Crippen molar-refractivity contribution in [1.29, 1.82) is 0 Å². The van der Waals surface area contributed by atoms with Crippen LogP contribution in [0.25, 0.3) is 10.8 Å². The Morgan fingerprint density at radius 3 is 2.81 bits per heavy atom. The molecule has 0 amide bonds. The first-order valence-corrected chi connectivity index (χ1v) is 9.77. The molecule has 2 N–H and O–H groups in total. The Morgan fingerprint density at radius 1 is 1.12 bits per heavy atom. The maximum atomic E-state index is 6.35. The second-order valence-electron chi connectivity index (χ2n) is 6.76. The van der Waals surface area contributed by atoms with Crippen LogP contribution in [-0.4, -0.2) is 33.5 Å². The predicted molar refractivity (Wildman–Crippen MR) is 110 cm³/mol. The maximum Gasteiger partial charge on any atom is 0.125 e. The molecular formula is C21H22N4S. The Balaban J connectivity index is 1.42. The SMILES string of the molecule is Cc1ccc(C[C@H](N)CN2CSC(c3ccc4cnccc4c3)=N2)cc1. The van der Waals surface area contributed by atoms with Crippen LogP contribution >= 0.6 is 11.8 Å². The Hall–Kier alpha value is -2.37. The van der Waals surface area contributed by atoms with Crippen LogP contribution in [0.3, 0.4) is 0 Å². The minimum Gasteiger partial charge on any atom is -0.326 e. The van der Waals surface area contributed by atoms with Crippen molar-refractivity contribution < 1.29 is 0 Å². The maximum absolute atomic E-state index is 6.35. The van der Waals surface area contributed by atoms with E-state index in [4.69, 9.17) is 10.8 Å². The summed E-state index contributed by atoms with van der Waals surface area (Å²) in [7, 11) is 0. The molecule has 0 aliphatic carbocycles. The molecule has 4 nitrogen and oxygen atoms in total. The quantitative estimate of drug-likeness (QED) is 0.750. The van der Waals surface area contributed by atoms with Gasteiger partial charge in [0.2, 0.25) is 0 Å². The van der Waals surface area contributed by atoms with Crippen molar-refractivity contribution in [3.63, 3.8) is 0 Å². The van der Waals surface area contributed by atoms with Crippen molar-refractivity contribution >= 4 is 27.6 Å². The van der Waals surface area contributed by atoms with Gasteiger partial charge in [0.1, 0.15) is 5.04 Å². The number of benzene rings is 2. The summed E-state index contributed by atoms with van der Waals surface area (Å²) in [5.41, 5.74) is 10.1. The number of rotatable bonds is 5. The van der Waals surface area contributed by atoms with E-state index in [1.807, 2.05) is 18.5 Å². The third kappa shape index (κ3) is 3.89. The van der Waals surface area contributed by atoms with Gasteiger partial charge in [0, 0.05) is 29.4 Å². The fourth-order valence-electron chi connectivity index (χ4n) is 3.13. The van der Waals surface area contributed by atoms with Crippen LogP contribution in [0.5, 0.6) is 0 Å². The molecule has 1 aliphatic rings. The summed E-state index contributed by atoms with van der Waals surface area (Å²) < 4.78 is 0. The van der Waals surface area contributed by atoms with Crippen molar-refractivity contribution in [1.82, 2.24) is 9.99 Å². The highest BCUT2D eigenvalue weighted by molar-refractivity contribution is 8.14. The van der Waals surface area contributed by atoms with Crippen LogP contribution in [0.2, 0.25) is 0 Å². The molecule has 0 bridgehead atoms. The van der Waals surface area contributed by atoms with Gasteiger partial charge in [-0.25, -0.2) is 0 Å². The van der Waals surface area contributed by atoms with E-state index in [0.29, 0.717) is 0 Å². The Morgan fingerprint density at radius 2 is 1.96 bits per heavy atom. The van der Waals surface area contributed by atoms with Crippen LogP contribution in [0.1, 0.15) is 16.7 Å². The minimum absolute atomic E-state index is 0.0732. The van der Waals surface area contributed by atoms with E-state index in [0.717, 1.165) is 34.8 Å². The fourth-order valence-corrected chi connectivity index (χ4v) is 4.04. The first-order chi connectivity index (χ1) is 12.7. The van der Waals surface area contributed by atoms with Crippen LogP contribution in [-0.2, 0) is 6.42 Å². The lowest BCUT2D eigenvalue weighted by molar-refractivity contribution is 0.320. The van der Waals surface area contributed by atoms with Crippen LogP contribution in [0.15, 0.2) is 66.0 Å². The molecule has 0 saturated heterocycles. The van der Waals surface area contributed by atoms with Crippen molar-refractivity contribution in [3.8, 4) is 0 Å². The number of thioether (sulfide) groups is 1. The molecule has 3 aromatic rings. The zero-order valence-corrected chi connectivity index (χ0v) is 15.6. The number of aromatic nitrogens is 1. The number of hydrogen-bond acceptors (Lipinski definition) is 5. The van der Waals surface area contributed by atoms with Gasteiger partial charge in [-0.2, -0.15) is 5.10 Å². The number of nitrogens with two attached hydrogens (primary N) is 1. The molecule has 1 aromatic heterocycles. The summed E-state index contributed by atoms with van der Waals surface area (Å²) in [6, 6.07) is 17.1. The Bertz CT molecular complexity index is 936. The predicted octanol–water partition coefficient (Wildman–Crippen LogP) is 3.78. The summed E-state index contributed by atoms with van der Waals surface area (Å²) in [6.07, 6.45) is 4.58. The molecule has 1 atom stereocenters. The highest BCUT2D eigenvalue weighted by Gasteiger charge is 2.19. The monoisotopic (exact) mass is 362 g/mol. The molecule has 26 heavy (non-hydrogen) atoms. The molecule has 0 saturated carbocycles. The van der Waals surface area contributed by atoms with E-state index in [1.54, 1.807) is 11.8 Å². The summed E-state index contributed by atoms with van der Waals surface area (Å²) in [4.78, 5) is 4.17. The minimum atomic E-state index is 0.0732. The third-order valence-corrected chi connectivity index (χ3v) is 5.55. The van der Waals surface area contributed by atoms with E-state index in [2.05, 4.69) is 59.4 Å². The molecule has 4 rings (SSSR count). The highest BCUT2D eigenvalue weighted by Crippen LogP contribution is 2.25. The Labute approximate surface area is 158 Å². The van der Waals surface area contributed by atoms with Gasteiger partial charge in [-0.3, -0.25) is 9.99 Å². The van der Waals surface area contributed by atoms with Gasteiger partial charge in [0.05, 0.1) is 12.4 Å². The third-order valence-electron chi connectivity index (χ3n) is 4.53. The number of hydrogen-bond donors (Lipinski definition) is 1. The van der Waals surface area contributed by atoms with Crippen molar-refractivity contribution in [2.75, 3.05) is 12.4 Å². The molecule has 2 heterocycles. The molecule has 132 valence electrons. The summed E-state index contributed by atoms with van der Waals surface area (Å²) in [5, 5.41) is 10.3. The van der Waals surface area contributed by atoms with Gasteiger partial charge < -0.3 is 5.73 Å². The first-order valence-electron chi connectivity index (χ1n) is 8.79. The molecule has 2 aromatic carbocycles. The van der Waals surface area contributed by atoms with Crippen molar-refractivity contribution in [2.45, 2.75) is 19.4 Å². The number of aryl methyl sites for hydroxylation is 1. The second kappa shape index (κ2) is 7.48. The van der Waals surface area contributed by atoms with Crippen LogP contribution in [0.4, 0.5) is 0 Å². The number of pyridine rings is 1. The molecule has 1 aliphatic heterocycles. The number of hydrazone groups is 1. The molecule has 0 radical (unpaired) electrons. The topological polar surface area (TPSA) is 54.5 Å². The van der Waals surface area contributed by atoms with Crippen molar-refractivity contribution in [3.05, 3.63) is 77.6 Å². The van der Waals surface area contributed by atoms with E-state index in [1.165, 1.54) is 16.5 Å². The first kappa shape index (κ1) is 17.1. The molecule has 0 fully saturated rings. The lowest BCUT2D eigenvalue weighted by Gasteiger charge is -2.18. The fraction of sp³-hybridized carbons (Fsp3) is 0.238. The molecule has 0 unspecified atom stereocenters. The second-order valence-corrected chi connectivity index (χ2v) is 7.69. The van der Waals surface area contributed by atoms with E-state index in [-0.39, 0.29) is 6.04 Å². The largest absolute Gasteiger partial charge is 0.326 e. The zero-order chi connectivity index (χ0) is 17.9. The van der Waals surface area contributed by atoms with Gasteiger partial charge in [-0.1, -0.05) is 53.7 Å². The number of fused-ring (bicyclic) bond motifs is 1. The van der Waals surface area contributed by atoms with Crippen LogP contribution < -0.4 is 5.73 Å². The standard InChI is InChI=1S/C21H22N4S/c1-15-2-4-16(5-3-15)10-20(22)13-25-14-26-21(24-25)18-6-7-19-12-23-9-8-17(19)11-18/h2-9,11-12,20H,10,13-14,22H2,1H3/t20-/m0/s1. The molecular weight excluding hydrogens is 340 g/mol. The molecule has 0 spiro atoms. The summed E-state index contributed by atoms with van der Waals surface area (Å²) in [5.74, 6) is 0.852. The summed E-state index contributed by atoms with van der Waals surface area (Å²) in [6.45, 7) is 2.87. The van der Waals surface area contributed by atoms with Crippen molar-refractivity contribution in [2.24, 2.45) is 10.8 Å². The highest BCUT2D eigenvalue weighted by atomic mass is 32.2. The van der Waals surface area contributed by atoms with Crippen LogP contribution in [0, 0.1) is 6.92 Å². The normalized spacial score (nSPS) is 15.3. The van der Waals surface area contributed by atoms with E-state index < -0.39 is 0 Å². The summed E-state index contributed by atoms with van der Waals surface area (Å²) >= 11 is 1.77. The lowest BCUT2D eigenvalue weighted by Crippen LogP contribution is -2.35. The lowest BCUT2D eigenvalue weighted by atomic mass is 10.1. The van der Waals surface area contributed by atoms with Gasteiger partial charge in [-0.15, -0.1) is 0 Å². The van der Waals surface area contributed by atoms with Gasteiger partial charge in [-0.05, 0) is 36.4 Å². The van der Waals surface area contributed by atoms with E-state index >= 15 is 0 Å². The van der Waals surface area contributed by atoms with E-state index in [9.17, 15) is 0 Å². The van der Waals surface area contributed by atoms with Gasteiger partial charge in [0.25, 0.3) is 0 Å².